The van der Waals surface area contributed by atoms with Crippen molar-refractivity contribution >= 4 is 43.7 Å². The van der Waals surface area contributed by atoms with Crippen LogP contribution < -0.4 is 5.32 Å². The minimum Gasteiger partial charge on any atom is -0.330 e. The maximum Gasteiger partial charge on any atom is 0.272 e. The number of hydrogen-bond donors (Lipinski definition) is 1. The van der Waals surface area contributed by atoms with Crippen LogP contribution in [0.2, 0.25) is 0 Å². The van der Waals surface area contributed by atoms with E-state index in [4.69, 9.17) is 0 Å². The fourth-order valence-corrected chi connectivity index (χ4v) is 8.70. The molecule has 2 aromatic heterocycles. The second kappa shape index (κ2) is 26.2. The third kappa shape index (κ3) is 16.3. The number of unbranched alkanes of at least 4 members (excludes halogenated alkanes) is 4. The van der Waals surface area contributed by atoms with E-state index >= 15 is 0 Å². The molecule has 2 aromatic carbocycles. The van der Waals surface area contributed by atoms with E-state index in [1.165, 1.54) is 56.1 Å². The van der Waals surface area contributed by atoms with E-state index in [0.29, 0.717) is 24.5 Å². The van der Waals surface area contributed by atoms with Crippen molar-refractivity contribution in [3.05, 3.63) is 128 Å². The lowest BCUT2D eigenvalue weighted by molar-refractivity contribution is 0.0540. The number of nitrogens with one attached hydrogen (secondary N) is 1. The quantitative estimate of drug-likeness (QED) is 0.0943. The Morgan fingerprint density at radius 3 is 1.46 bits per heavy atom. The zero-order chi connectivity index (χ0) is 43.4. The topological polar surface area (TPSA) is 81.7 Å². The predicted molar refractivity (Wildman–Crippen MR) is 258 cm³/mol. The van der Waals surface area contributed by atoms with Crippen LogP contribution in [0, 0.1) is 5.92 Å². The van der Waals surface area contributed by atoms with Gasteiger partial charge in [-0.1, -0.05) is 122 Å². The predicted octanol–water partition coefficient (Wildman–Crippen LogP) is 11.7. The minimum absolute atomic E-state index is 0.0370. The van der Waals surface area contributed by atoms with Gasteiger partial charge in [0.15, 0.2) is 0 Å². The smallest absolute Gasteiger partial charge is 0.272 e. The molecule has 0 aliphatic carbocycles. The fraction of sp³-hybridized carbons (Fsp3) is 0.529. The molecular weight excluding hydrogens is 888 g/mol. The van der Waals surface area contributed by atoms with Crippen LogP contribution in [0.15, 0.2) is 94.1 Å². The first-order valence-corrected chi connectivity index (χ1v) is 24.7. The van der Waals surface area contributed by atoms with E-state index in [2.05, 4.69) is 133 Å². The molecule has 0 unspecified atom stereocenters. The average Bonchev–Trinajstić information content (AvgIpc) is 3.29. The number of carbonyl (C=O) groups excluding carboxylic acids is 2. The monoisotopic (exact) mass is 956 g/mol. The number of piperidine rings is 2. The fourth-order valence-electron chi connectivity index (χ4n) is 8.17. The van der Waals surface area contributed by atoms with E-state index < -0.39 is 0 Å². The molecule has 61 heavy (non-hydrogen) atoms. The lowest BCUT2D eigenvalue weighted by Gasteiger charge is -2.38. The van der Waals surface area contributed by atoms with Crippen molar-refractivity contribution in [1.82, 2.24) is 30.0 Å². The highest BCUT2D eigenvalue weighted by atomic mass is 79.9. The average molecular weight is 959 g/mol. The molecule has 2 aliphatic rings. The minimum atomic E-state index is 0.0370. The number of hydrogen-bond acceptors (Lipinski definition) is 6. The summed E-state index contributed by atoms with van der Waals surface area (Å²) in [6.45, 7) is 15.4. The third-order valence-corrected chi connectivity index (χ3v) is 13.1. The van der Waals surface area contributed by atoms with Gasteiger partial charge in [0.2, 0.25) is 0 Å². The number of pyridine rings is 2. The summed E-state index contributed by atoms with van der Waals surface area (Å²) in [5, 5.41) is 3.39. The van der Waals surface area contributed by atoms with Gasteiger partial charge in [0.05, 0.1) is 0 Å². The lowest BCUT2D eigenvalue weighted by atomic mass is 10.0. The number of benzene rings is 2. The summed E-state index contributed by atoms with van der Waals surface area (Å²) in [7, 11) is 0. The Morgan fingerprint density at radius 2 is 1.07 bits per heavy atom. The second-order valence-corrected chi connectivity index (χ2v) is 19.2. The summed E-state index contributed by atoms with van der Waals surface area (Å²) in [5.41, 5.74) is 5.85. The van der Waals surface area contributed by atoms with Gasteiger partial charge in [-0.3, -0.25) is 19.6 Å². The van der Waals surface area contributed by atoms with Crippen LogP contribution in [-0.2, 0) is 25.9 Å². The number of amides is 2. The van der Waals surface area contributed by atoms with E-state index in [1.54, 1.807) is 0 Å². The molecule has 0 radical (unpaired) electrons. The van der Waals surface area contributed by atoms with E-state index in [0.717, 1.165) is 97.2 Å². The molecule has 330 valence electrons. The molecule has 2 fully saturated rings. The number of aryl methyl sites for hydroxylation is 2. The Hall–Kier alpha value is -3.44. The van der Waals surface area contributed by atoms with Crippen molar-refractivity contribution < 1.29 is 9.59 Å². The third-order valence-electron chi connectivity index (χ3n) is 12.0. The number of likely N-dealkylation sites (tertiary alicyclic amines) is 1. The van der Waals surface area contributed by atoms with Crippen LogP contribution in [0.3, 0.4) is 0 Å². The van der Waals surface area contributed by atoms with Crippen LogP contribution >= 0.6 is 31.9 Å². The van der Waals surface area contributed by atoms with Gasteiger partial charge >= 0.3 is 0 Å². The first-order chi connectivity index (χ1) is 29.6. The molecule has 6 rings (SSSR count). The molecular formula is C51H70Br2N6O2. The van der Waals surface area contributed by atoms with Crippen molar-refractivity contribution in [3.8, 4) is 0 Å². The largest absolute Gasteiger partial charge is 0.330 e. The summed E-state index contributed by atoms with van der Waals surface area (Å²) in [6.07, 6.45) is 18.3. The van der Waals surface area contributed by atoms with Gasteiger partial charge in [0, 0.05) is 59.6 Å². The van der Waals surface area contributed by atoms with Gasteiger partial charge in [0.25, 0.3) is 11.8 Å². The van der Waals surface area contributed by atoms with Crippen molar-refractivity contribution in [2.24, 2.45) is 5.92 Å². The van der Waals surface area contributed by atoms with Crippen LogP contribution in [0.25, 0.3) is 0 Å². The van der Waals surface area contributed by atoms with Crippen LogP contribution in [-0.4, -0.2) is 81.3 Å². The van der Waals surface area contributed by atoms with Gasteiger partial charge in [-0.25, -0.2) is 0 Å². The van der Waals surface area contributed by atoms with Gasteiger partial charge in [-0.15, -0.1) is 0 Å². The molecule has 2 amide bonds. The number of halogens is 2. The Kier molecular flexibility index (Phi) is 20.9. The first-order valence-electron chi connectivity index (χ1n) is 23.1. The van der Waals surface area contributed by atoms with Crippen LogP contribution in [0.4, 0.5) is 0 Å². The Balaban J connectivity index is 0.000000234. The number of aromatic nitrogens is 2. The molecule has 0 spiro atoms. The van der Waals surface area contributed by atoms with Crippen molar-refractivity contribution in [1.29, 1.82) is 0 Å². The SMILES string of the molecule is CCCCCc1ccc(C(=O)N(Cc2ccc(Br)cc2)C2CCN(CCC(C)C)CC2)nc1.CCCCCc1ccc(C(=O)N(Cc2ccc(Br)cc2)C2CCNCC2)nc1. The summed E-state index contributed by atoms with van der Waals surface area (Å²) >= 11 is 7.00. The van der Waals surface area contributed by atoms with E-state index in [1.807, 2.05) is 41.6 Å². The summed E-state index contributed by atoms with van der Waals surface area (Å²) in [5.74, 6) is 0.822. The molecule has 2 saturated heterocycles. The second-order valence-electron chi connectivity index (χ2n) is 17.4. The highest BCUT2D eigenvalue weighted by Gasteiger charge is 2.30. The molecule has 2 aliphatic heterocycles. The van der Waals surface area contributed by atoms with Crippen molar-refractivity contribution in [2.45, 2.75) is 136 Å². The summed E-state index contributed by atoms with van der Waals surface area (Å²) < 4.78 is 2.11. The zero-order valence-electron chi connectivity index (χ0n) is 37.3. The van der Waals surface area contributed by atoms with Gasteiger partial charge in [-0.2, -0.15) is 0 Å². The standard InChI is InChI=1S/C28H40BrN3O.C23H30BrN3O/c1-4-5-6-7-23-10-13-27(30-20-23)28(33)32(21-24-8-11-25(29)12-9-24)26-15-18-31(19-16-26)17-14-22(2)3;1-2-3-4-5-18-8-11-22(26-16-18)23(28)27(21-12-14-25-15-13-21)17-19-6-9-20(24)10-7-19/h8-13,20,22,26H,4-7,14-19,21H2,1-3H3;6-11,16,21,25H,2-5,12-15,17H2,1H3. The molecule has 4 heterocycles. The molecule has 0 atom stereocenters. The van der Waals surface area contributed by atoms with Crippen LogP contribution in [0.1, 0.15) is 142 Å². The molecule has 8 nitrogen and oxygen atoms in total. The maximum atomic E-state index is 13.6. The van der Waals surface area contributed by atoms with Crippen molar-refractivity contribution in [3.63, 3.8) is 0 Å². The molecule has 1 N–H and O–H groups in total. The summed E-state index contributed by atoms with van der Waals surface area (Å²) in [4.78, 5) is 42.7. The number of nitrogens with zero attached hydrogens (tertiary/aromatic N) is 5. The first kappa shape index (κ1) is 48.6. The van der Waals surface area contributed by atoms with E-state index in [-0.39, 0.29) is 23.9 Å². The molecule has 0 saturated carbocycles. The van der Waals surface area contributed by atoms with Crippen LogP contribution in [0.5, 0.6) is 0 Å². The molecule has 10 heteroatoms. The molecule has 0 bridgehead atoms. The lowest BCUT2D eigenvalue weighted by Crippen LogP contribution is -2.47. The summed E-state index contributed by atoms with van der Waals surface area (Å²) in [6, 6.07) is 25.0. The maximum absolute atomic E-state index is 13.6. The zero-order valence-corrected chi connectivity index (χ0v) is 40.4. The van der Waals surface area contributed by atoms with E-state index in [9.17, 15) is 9.59 Å². The Morgan fingerprint density at radius 1 is 0.639 bits per heavy atom. The Labute approximate surface area is 384 Å². The Bertz CT molecular complexity index is 1860. The number of carbonyl (C=O) groups is 2. The normalized spacial score (nSPS) is 15.0. The van der Waals surface area contributed by atoms with Gasteiger partial charge in [0.1, 0.15) is 11.4 Å². The number of rotatable bonds is 19. The van der Waals surface area contributed by atoms with Gasteiger partial charge in [-0.05, 0) is 142 Å². The molecule has 4 aromatic rings. The highest BCUT2D eigenvalue weighted by molar-refractivity contribution is 9.10. The van der Waals surface area contributed by atoms with Gasteiger partial charge < -0.3 is 20.0 Å². The van der Waals surface area contributed by atoms with Crippen molar-refractivity contribution in [2.75, 3.05) is 32.7 Å². The highest BCUT2D eigenvalue weighted by Crippen LogP contribution is 2.24.